The van der Waals surface area contributed by atoms with Crippen molar-refractivity contribution in [2.24, 2.45) is 0 Å². The highest BCUT2D eigenvalue weighted by Crippen LogP contribution is 2.18. The molecule has 0 spiro atoms. The number of benzene rings is 1. The first-order chi connectivity index (χ1) is 7.79. The molecule has 0 saturated carbocycles. The van der Waals surface area contributed by atoms with E-state index < -0.39 is 0 Å². The fourth-order valence-corrected chi connectivity index (χ4v) is 2.43. The first kappa shape index (κ1) is 10.9. The van der Waals surface area contributed by atoms with Crippen LogP contribution in [0.4, 0.5) is 0 Å². The molecule has 2 nitrogen and oxygen atoms in total. The molecule has 0 saturated heterocycles. The second-order valence-corrected chi connectivity index (χ2v) is 4.54. The zero-order valence-electron chi connectivity index (χ0n) is 9.07. The minimum atomic E-state index is -0.0180. The lowest BCUT2D eigenvalue weighted by Gasteiger charge is -1.97. The molecule has 2 aromatic rings. The first-order valence-corrected chi connectivity index (χ1v) is 6.01. The smallest absolute Gasteiger partial charge is 0.251 e. The van der Waals surface area contributed by atoms with Crippen molar-refractivity contribution in [3.05, 3.63) is 57.8 Å². The Balaban J connectivity index is 2.12. The van der Waals surface area contributed by atoms with Crippen LogP contribution in [0.3, 0.4) is 0 Å². The van der Waals surface area contributed by atoms with Crippen molar-refractivity contribution < 1.29 is 4.79 Å². The summed E-state index contributed by atoms with van der Waals surface area (Å²) in [6, 6.07) is 12.2. The Kier molecular flexibility index (Phi) is 3.37. The van der Waals surface area contributed by atoms with Crippen LogP contribution in [0, 0.1) is 0 Å². The molecule has 1 aromatic heterocycles. The second kappa shape index (κ2) is 4.94. The third kappa shape index (κ3) is 2.49. The van der Waals surface area contributed by atoms with Crippen LogP contribution in [0.25, 0.3) is 0 Å². The van der Waals surface area contributed by atoms with E-state index in [1.807, 2.05) is 29.6 Å². The molecule has 1 aromatic carbocycles. The van der Waals surface area contributed by atoms with Crippen molar-refractivity contribution in [1.82, 2.24) is 5.32 Å². The van der Waals surface area contributed by atoms with E-state index in [0.29, 0.717) is 0 Å². The fourth-order valence-electron chi connectivity index (χ4n) is 1.53. The monoisotopic (exact) mass is 231 g/mol. The number of carbonyl (C=O) groups is 1. The van der Waals surface area contributed by atoms with Crippen LogP contribution in [0.5, 0.6) is 0 Å². The van der Waals surface area contributed by atoms with Gasteiger partial charge in [0.05, 0.1) is 5.56 Å². The van der Waals surface area contributed by atoms with Crippen LogP contribution >= 0.6 is 11.3 Å². The van der Waals surface area contributed by atoms with Crippen LogP contribution in [0.1, 0.15) is 20.8 Å². The van der Waals surface area contributed by atoms with E-state index in [1.165, 1.54) is 10.4 Å². The number of nitrogens with one attached hydrogen (secondary N) is 1. The molecule has 0 aliphatic carbocycles. The van der Waals surface area contributed by atoms with Gasteiger partial charge in [0.2, 0.25) is 0 Å². The number of hydrogen-bond donors (Lipinski definition) is 1. The van der Waals surface area contributed by atoms with Gasteiger partial charge in [-0.05, 0) is 11.6 Å². The van der Waals surface area contributed by atoms with E-state index in [9.17, 15) is 4.79 Å². The van der Waals surface area contributed by atoms with Gasteiger partial charge < -0.3 is 5.32 Å². The van der Waals surface area contributed by atoms with Crippen LogP contribution < -0.4 is 5.32 Å². The molecule has 0 radical (unpaired) electrons. The maximum atomic E-state index is 11.4. The van der Waals surface area contributed by atoms with Gasteiger partial charge in [0, 0.05) is 23.7 Å². The Morgan fingerprint density at radius 1 is 1.31 bits per heavy atom. The highest BCUT2D eigenvalue weighted by atomic mass is 32.1. The van der Waals surface area contributed by atoms with Gasteiger partial charge in [-0.2, -0.15) is 0 Å². The van der Waals surface area contributed by atoms with E-state index in [2.05, 4.69) is 17.4 Å². The molecule has 1 heterocycles. The van der Waals surface area contributed by atoms with Gasteiger partial charge in [0.15, 0.2) is 0 Å². The molecule has 1 amide bonds. The van der Waals surface area contributed by atoms with Gasteiger partial charge in [0.25, 0.3) is 5.91 Å². The number of hydrogen-bond acceptors (Lipinski definition) is 2. The van der Waals surface area contributed by atoms with Gasteiger partial charge >= 0.3 is 0 Å². The predicted octanol–water partition coefficient (Wildman–Crippen LogP) is 2.70. The number of thiophene rings is 1. The van der Waals surface area contributed by atoms with Gasteiger partial charge in [-0.15, -0.1) is 11.3 Å². The molecular weight excluding hydrogens is 218 g/mol. The molecule has 0 fully saturated rings. The maximum Gasteiger partial charge on any atom is 0.251 e. The lowest BCUT2D eigenvalue weighted by atomic mass is 10.1. The normalized spacial score (nSPS) is 10.1. The summed E-state index contributed by atoms with van der Waals surface area (Å²) in [6.45, 7) is 0. The minimum absolute atomic E-state index is 0.0180. The van der Waals surface area contributed by atoms with Crippen molar-refractivity contribution in [1.29, 1.82) is 0 Å². The molecule has 1 N–H and O–H groups in total. The van der Waals surface area contributed by atoms with E-state index in [4.69, 9.17) is 0 Å². The number of carbonyl (C=O) groups excluding carboxylic acids is 1. The van der Waals surface area contributed by atoms with Gasteiger partial charge in [0.1, 0.15) is 0 Å². The Morgan fingerprint density at radius 3 is 2.75 bits per heavy atom. The molecular formula is C13H13NOS. The largest absolute Gasteiger partial charge is 0.355 e. The maximum absolute atomic E-state index is 11.4. The lowest BCUT2D eigenvalue weighted by Crippen LogP contribution is -2.16. The number of rotatable bonds is 3. The summed E-state index contributed by atoms with van der Waals surface area (Å²) >= 11 is 1.63. The molecule has 16 heavy (non-hydrogen) atoms. The molecule has 0 bridgehead atoms. The Bertz CT molecular complexity index is 476. The summed E-state index contributed by atoms with van der Waals surface area (Å²) in [5.41, 5.74) is 2.02. The summed E-state index contributed by atoms with van der Waals surface area (Å²) in [6.07, 6.45) is 0.891. The standard InChI is InChI=1S/C13H13NOS/c1-14-13(15)11-8-12(16-9-11)7-10-5-3-2-4-6-10/h2-6,8-9H,7H2,1H3,(H,14,15). The molecule has 82 valence electrons. The topological polar surface area (TPSA) is 29.1 Å². The molecule has 3 heteroatoms. The number of amides is 1. The predicted molar refractivity (Wildman–Crippen MR) is 67.0 cm³/mol. The minimum Gasteiger partial charge on any atom is -0.355 e. The van der Waals surface area contributed by atoms with Crippen LogP contribution in [-0.2, 0) is 6.42 Å². The van der Waals surface area contributed by atoms with E-state index in [1.54, 1.807) is 18.4 Å². The van der Waals surface area contributed by atoms with Crippen molar-refractivity contribution in [2.45, 2.75) is 6.42 Å². The third-order valence-corrected chi connectivity index (χ3v) is 3.30. The van der Waals surface area contributed by atoms with Crippen molar-refractivity contribution in [2.75, 3.05) is 7.05 Å². The van der Waals surface area contributed by atoms with Gasteiger partial charge in [-0.25, -0.2) is 0 Å². The zero-order chi connectivity index (χ0) is 11.4. The Labute approximate surface area is 98.9 Å². The highest BCUT2D eigenvalue weighted by molar-refractivity contribution is 7.10. The molecule has 0 atom stereocenters. The van der Waals surface area contributed by atoms with Gasteiger partial charge in [-0.1, -0.05) is 30.3 Å². The molecule has 0 aliphatic heterocycles. The summed E-state index contributed by atoms with van der Waals surface area (Å²) < 4.78 is 0. The van der Waals surface area contributed by atoms with Crippen molar-refractivity contribution in [3.63, 3.8) is 0 Å². The Hall–Kier alpha value is -1.61. The average Bonchev–Trinajstić information content (AvgIpc) is 2.78. The van der Waals surface area contributed by atoms with E-state index in [0.717, 1.165) is 12.0 Å². The fraction of sp³-hybridized carbons (Fsp3) is 0.154. The first-order valence-electron chi connectivity index (χ1n) is 5.13. The quantitative estimate of drug-likeness (QED) is 0.864. The summed E-state index contributed by atoms with van der Waals surface area (Å²) in [7, 11) is 1.65. The van der Waals surface area contributed by atoms with Crippen molar-refractivity contribution in [3.8, 4) is 0 Å². The summed E-state index contributed by atoms with van der Waals surface area (Å²) in [5.74, 6) is -0.0180. The van der Waals surface area contributed by atoms with Gasteiger partial charge in [-0.3, -0.25) is 4.79 Å². The highest BCUT2D eigenvalue weighted by Gasteiger charge is 2.06. The Morgan fingerprint density at radius 2 is 2.06 bits per heavy atom. The molecule has 2 rings (SSSR count). The second-order valence-electron chi connectivity index (χ2n) is 3.54. The van der Waals surface area contributed by atoms with Crippen LogP contribution in [-0.4, -0.2) is 13.0 Å². The molecule has 0 aliphatic rings. The van der Waals surface area contributed by atoms with Crippen LogP contribution in [0.15, 0.2) is 41.8 Å². The molecule has 0 unspecified atom stereocenters. The van der Waals surface area contributed by atoms with E-state index >= 15 is 0 Å². The summed E-state index contributed by atoms with van der Waals surface area (Å²) in [4.78, 5) is 12.6. The SMILES string of the molecule is CNC(=O)c1csc(Cc2ccccc2)c1. The average molecular weight is 231 g/mol. The summed E-state index contributed by atoms with van der Waals surface area (Å²) in [5, 5.41) is 4.53. The van der Waals surface area contributed by atoms with Crippen LogP contribution in [0.2, 0.25) is 0 Å². The van der Waals surface area contributed by atoms with Crippen molar-refractivity contribution >= 4 is 17.2 Å². The lowest BCUT2D eigenvalue weighted by molar-refractivity contribution is 0.0963. The zero-order valence-corrected chi connectivity index (χ0v) is 9.88. The van der Waals surface area contributed by atoms with E-state index in [-0.39, 0.29) is 5.91 Å². The third-order valence-electron chi connectivity index (χ3n) is 2.36.